The lowest BCUT2D eigenvalue weighted by molar-refractivity contribution is 0.590. The van der Waals surface area contributed by atoms with Crippen LogP contribution in [0, 0.1) is 0 Å². The lowest BCUT2D eigenvalue weighted by Crippen LogP contribution is -2.25. The zero-order chi connectivity index (χ0) is 51.6. The van der Waals surface area contributed by atoms with Gasteiger partial charge in [0.1, 0.15) is 0 Å². The monoisotopic (exact) mass is 973 g/mol. The van der Waals surface area contributed by atoms with Crippen LogP contribution >= 0.6 is 0 Å². The first kappa shape index (κ1) is 44.6. The zero-order valence-electron chi connectivity index (χ0n) is 45.5. The minimum Gasteiger partial charge on any atom is -0.307 e. The SMILES string of the molecule is CC(C)(C)c1ccc2c(c1)c1cc(C(C)(C)C)ccc1n2-c1cc(-n2c3ccc(C(C)(C)C)cc3c3cc(C(C)(C)C)ccc32)c2c3c1-n1c4ccccc4c4cccc(c41)C3c1cccc3c4ccccc4n-2c13. The second kappa shape index (κ2) is 14.5. The first-order valence-electron chi connectivity index (χ1n) is 27.2. The maximum Gasteiger partial charge on any atom is 0.0767 e. The second-order valence-corrected chi connectivity index (χ2v) is 26.2. The van der Waals surface area contributed by atoms with E-state index < -0.39 is 0 Å². The molecule has 0 atom stereocenters. The first-order valence-corrected chi connectivity index (χ1v) is 27.2. The molecule has 75 heavy (non-hydrogen) atoms. The minimum atomic E-state index is -0.0594. The number of para-hydroxylation sites is 4. The molecule has 368 valence electrons. The van der Waals surface area contributed by atoms with Crippen molar-refractivity contribution in [2.75, 3.05) is 0 Å². The largest absolute Gasteiger partial charge is 0.307 e. The average molecular weight is 973 g/mol. The Morgan fingerprint density at radius 1 is 0.280 bits per heavy atom. The molecule has 4 nitrogen and oxygen atoms in total. The molecule has 0 unspecified atom stereocenters. The van der Waals surface area contributed by atoms with E-state index in [9.17, 15) is 0 Å². The molecule has 0 amide bonds. The molecule has 0 bridgehead atoms. The van der Waals surface area contributed by atoms with E-state index in [0.29, 0.717) is 0 Å². The van der Waals surface area contributed by atoms with E-state index in [1.807, 2.05) is 0 Å². The number of rotatable bonds is 2. The van der Waals surface area contributed by atoms with Crippen molar-refractivity contribution in [1.82, 2.24) is 18.3 Å². The van der Waals surface area contributed by atoms with E-state index in [0.717, 1.165) is 0 Å². The molecule has 0 fully saturated rings. The lowest BCUT2D eigenvalue weighted by atomic mass is 9.77. The van der Waals surface area contributed by atoms with Crippen LogP contribution < -0.4 is 0 Å². The van der Waals surface area contributed by atoms with Gasteiger partial charge in [-0.25, -0.2) is 0 Å². The Balaban J connectivity index is 1.22. The van der Waals surface area contributed by atoms with Crippen LogP contribution in [-0.2, 0) is 21.7 Å². The van der Waals surface area contributed by atoms with Crippen molar-refractivity contribution in [3.63, 3.8) is 0 Å². The van der Waals surface area contributed by atoms with E-state index in [1.165, 1.54) is 149 Å². The van der Waals surface area contributed by atoms with Gasteiger partial charge in [-0.05, 0) is 122 Å². The molecule has 0 radical (unpaired) electrons. The summed E-state index contributed by atoms with van der Waals surface area (Å²) in [5.41, 5.74) is 24.0. The highest BCUT2D eigenvalue weighted by molar-refractivity contribution is 6.18. The fraction of sp³-hybridized carbons (Fsp3) is 0.239. The Bertz CT molecular complexity index is 4240. The summed E-state index contributed by atoms with van der Waals surface area (Å²) in [6, 6.07) is 64.3. The Hall–Kier alpha value is -7.82. The van der Waals surface area contributed by atoms with Crippen molar-refractivity contribution in [1.29, 1.82) is 0 Å². The third-order valence-corrected chi connectivity index (χ3v) is 17.6. The van der Waals surface area contributed by atoms with Gasteiger partial charge in [0.25, 0.3) is 0 Å². The van der Waals surface area contributed by atoms with Crippen molar-refractivity contribution in [2.24, 2.45) is 0 Å². The fourth-order valence-corrected chi connectivity index (χ4v) is 13.7. The molecule has 2 aliphatic heterocycles. The number of benzene rings is 9. The summed E-state index contributed by atoms with van der Waals surface area (Å²) in [5.74, 6) is -0.0594. The number of hydrogen-bond acceptors (Lipinski definition) is 0. The Morgan fingerprint density at radius 3 is 0.920 bits per heavy atom. The molecule has 0 saturated heterocycles. The Morgan fingerprint density at radius 2 is 0.587 bits per heavy atom. The minimum absolute atomic E-state index is 0.0314. The second-order valence-electron chi connectivity index (χ2n) is 26.2. The van der Waals surface area contributed by atoms with Gasteiger partial charge in [-0.15, -0.1) is 0 Å². The number of fused-ring (bicyclic) bond motifs is 16. The zero-order valence-corrected chi connectivity index (χ0v) is 45.5. The van der Waals surface area contributed by atoms with Gasteiger partial charge in [0.15, 0.2) is 0 Å². The van der Waals surface area contributed by atoms with E-state index in [2.05, 4.69) is 265 Å². The molecule has 15 rings (SSSR count). The normalized spacial score (nSPS) is 14.1. The van der Waals surface area contributed by atoms with Crippen LogP contribution in [0.1, 0.15) is 128 Å². The van der Waals surface area contributed by atoms with Gasteiger partial charge in [-0.1, -0.05) is 180 Å². The smallest absolute Gasteiger partial charge is 0.0767 e. The van der Waals surface area contributed by atoms with E-state index in [-0.39, 0.29) is 27.6 Å². The van der Waals surface area contributed by atoms with Gasteiger partial charge < -0.3 is 18.3 Å². The highest BCUT2D eigenvalue weighted by Crippen LogP contribution is 2.58. The quantitative estimate of drug-likeness (QED) is 0.164. The van der Waals surface area contributed by atoms with Crippen molar-refractivity contribution in [3.05, 3.63) is 203 Å². The highest BCUT2D eigenvalue weighted by atomic mass is 15.1. The molecule has 4 heteroatoms. The van der Waals surface area contributed by atoms with Gasteiger partial charge >= 0.3 is 0 Å². The molecule has 0 N–H and O–H groups in total. The summed E-state index contributed by atoms with van der Waals surface area (Å²) in [4.78, 5) is 0. The summed E-state index contributed by atoms with van der Waals surface area (Å²) in [6.45, 7) is 28.1. The molecular formula is C71H64N4. The summed E-state index contributed by atoms with van der Waals surface area (Å²) in [7, 11) is 0. The van der Waals surface area contributed by atoms with E-state index in [4.69, 9.17) is 0 Å². The fourth-order valence-electron chi connectivity index (χ4n) is 13.7. The Kier molecular flexibility index (Phi) is 8.64. The van der Waals surface area contributed by atoms with Crippen molar-refractivity contribution >= 4 is 87.2 Å². The molecule has 6 heterocycles. The topological polar surface area (TPSA) is 19.7 Å². The molecule has 0 saturated carbocycles. The molecule has 4 aromatic heterocycles. The third kappa shape index (κ3) is 5.94. The van der Waals surface area contributed by atoms with Crippen LogP contribution in [0.25, 0.3) is 110 Å². The van der Waals surface area contributed by atoms with Gasteiger partial charge in [0.05, 0.1) is 66.9 Å². The van der Waals surface area contributed by atoms with Crippen LogP contribution in [0.3, 0.4) is 0 Å². The maximum atomic E-state index is 2.67. The van der Waals surface area contributed by atoms with E-state index in [1.54, 1.807) is 0 Å². The molecule has 0 spiro atoms. The van der Waals surface area contributed by atoms with Gasteiger partial charge in [0, 0.05) is 54.6 Å². The van der Waals surface area contributed by atoms with Gasteiger partial charge in [-0.2, -0.15) is 0 Å². The van der Waals surface area contributed by atoms with Crippen molar-refractivity contribution in [2.45, 2.75) is 111 Å². The summed E-state index contributed by atoms with van der Waals surface area (Å²) in [6.07, 6.45) is 0. The number of aromatic nitrogens is 4. The lowest BCUT2D eigenvalue weighted by Gasteiger charge is -2.38. The Labute approximate surface area is 439 Å². The predicted molar refractivity (Wildman–Crippen MR) is 320 cm³/mol. The van der Waals surface area contributed by atoms with Crippen LogP contribution in [0.4, 0.5) is 0 Å². The van der Waals surface area contributed by atoms with Crippen molar-refractivity contribution < 1.29 is 0 Å². The van der Waals surface area contributed by atoms with Crippen LogP contribution in [0.5, 0.6) is 0 Å². The highest BCUT2D eigenvalue weighted by Gasteiger charge is 2.42. The van der Waals surface area contributed by atoms with Crippen LogP contribution in [0.15, 0.2) is 164 Å². The third-order valence-electron chi connectivity index (χ3n) is 17.6. The molecule has 13 aromatic rings. The molecule has 9 aromatic carbocycles. The maximum absolute atomic E-state index is 2.67. The standard InChI is InChI=1S/C71H64N4/c1-68(2,3)40-27-31-56-50(35-40)51-36-41(69(4,5)6)28-32-57(51)72(56)60-39-61(73-58-33-29-42(70(7,8)9)37-52(58)53-38-43(71(10,11)12)30-34-59(53)73)67-63-62(49-24-18-22-47-45-20-14-16-26-55(45)75(67)65(47)49)48-23-17-21-46-44-19-13-15-25-54(44)74(64(46)48)66(60)63/h13-39,62H,1-12H3. The molecular weight excluding hydrogens is 909 g/mol. The van der Waals surface area contributed by atoms with E-state index >= 15 is 0 Å². The molecule has 0 aliphatic carbocycles. The first-order chi connectivity index (χ1) is 35.8. The number of nitrogens with zero attached hydrogens (tertiary/aromatic N) is 4. The van der Waals surface area contributed by atoms with Gasteiger partial charge in [-0.3, -0.25) is 0 Å². The van der Waals surface area contributed by atoms with Gasteiger partial charge in [0.2, 0.25) is 0 Å². The van der Waals surface area contributed by atoms with Crippen LogP contribution in [0.2, 0.25) is 0 Å². The number of hydrogen-bond donors (Lipinski definition) is 0. The van der Waals surface area contributed by atoms with Crippen molar-refractivity contribution in [3.8, 4) is 22.7 Å². The average Bonchev–Trinajstić information content (AvgIpc) is 4.32. The predicted octanol–water partition coefficient (Wildman–Crippen LogP) is 19.1. The van der Waals surface area contributed by atoms with Crippen LogP contribution in [-0.4, -0.2) is 18.3 Å². The molecule has 2 aliphatic rings. The summed E-state index contributed by atoms with van der Waals surface area (Å²) >= 11 is 0. The summed E-state index contributed by atoms with van der Waals surface area (Å²) in [5, 5.41) is 10.3. The summed E-state index contributed by atoms with van der Waals surface area (Å²) < 4.78 is 10.7.